The fourth-order valence-electron chi connectivity index (χ4n) is 2.47. The van der Waals surface area contributed by atoms with Gasteiger partial charge in [-0.1, -0.05) is 11.6 Å². The Kier molecular flexibility index (Phi) is 4.78. The molecule has 0 radical (unpaired) electrons. The largest absolute Gasteiger partial charge is 0.493 e. The lowest BCUT2D eigenvalue weighted by Crippen LogP contribution is -2.22. The van der Waals surface area contributed by atoms with Crippen molar-refractivity contribution >= 4 is 22.9 Å². The quantitative estimate of drug-likeness (QED) is 0.851. The fraction of sp³-hybridized carbons (Fsp3) is 0.438. The molecule has 1 aromatic carbocycles. The van der Waals surface area contributed by atoms with Crippen LogP contribution in [0.1, 0.15) is 27.6 Å². The lowest BCUT2D eigenvalue weighted by Gasteiger charge is -2.09. The van der Waals surface area contributed by atoms with Crippen molar-refractivity contribution in [2.45, 2.75) is 32.7 Å². The number of nitrogens with zero attached hydrogens (tertiary/aromatic N) is 1. The maximum atomic E-state index is 5.94. The van der Waals surface area contributed by atoms with E-state index in [1.807, 2.05) is 36.5 Å². The van der Waals surface area contributed by atoms with Crippen LogP contribution in [0.2, 0.25) is 5.02 Å². The van der Waals surface area contributed by atoms with Crippen molar-refractivity contribution in [1.82, 2.24) is 10.3 Å². The Morgan fingerprint density at radius 1 is 1.43 bits per heavy atom. The molecule has 3 nitrogen and oxygen atoms in total. The molecule has 1 aliphatic rings. The zero-order valence-corrected chi connectivity index (χ0v) is 13.7. The summed E-state index contributed by atoms with van der Waals surface area (Å²) < 4.78 is 5.82. The summed E-state index contributed by atoms with van der Waals surface area (Å²) in [5, 5.41) is 5.38. The Balaban J connectivity index is 1.49. The van der Waals surface area contributed by atoms with E-state index >= 15 is 0 Å². The third-order valence-corrected chi connectivity index (χ3v) is 4.97. The first kappa shape index (κ1) is 14.8. The minimum absolute atomic E-state index is 0.713. The summed E-state index contributed by atoms with van der Waals surface area (Å²) in [6.07, 6.45) is 3.04. The molecule has 21 heavy (non-hydrogen) atoms. The predicted molar refractivity (Wildman–Crippen MR) is 87.5 cm³/mol. The molecule has 112 valence electrons. The highest BCUT2D eigenvalue weighted by Gasteiger charge is 2.14. The van der Waals surface area contributed by atoms with E-state index in [0.29, 0.717) is 6.61 Å². The summed E-state index contributed by atoms with van der Waals surface area (Å²) in [7, 11) is 0. The van der Waals surface area contributed by atoms with Gasteiger partial charge in [-0.25, -0.2) is 4.98 Å². The third-order valence-electron chi connectivity index (χ3n) is 3.58. The van der Waals surface area contributed by atoms with E-state index in [1.54, 1.807) is 0 Å². The lowest BCUT2D eigenvalue weighted by atomic mass is 10.2. The van der Waals surface area contributed by atoms with Crippen LogP contribution in [0.3, 0.4) is 0 Å². The second kappa shape index (κ2) is 6.77. The standard InChI is InChI=1S/C16H19ClN2OS/c1-11-9-12(17)4-5-14(11)20-8-2-3-16-19-13-6-7-18-10-15(13)21-16/h4-5,9,18H,2-3,6-8,10H2,1H3. The first-order chi connectivity index (χ1) is 10.2. The van der Waals surface area contributed by atoms with Gasteiger partial charge in [0.1, 0.15) is 5.75 Å². The molecule has 0 saturated heterocycles. The van der Waals surface area contributed by atoms with E-state index in [9.17, 15) is 0 Å². The fourth-order valence-corrected chi connectivity index (χ4v) is 3.82. The minimum atomic E-state index is 0.713. The van der Waals surface area contributed by atoms with Crippen LogP contribution >= 0.6 is 22.9 Å². The van der Waals surface area contributed by atoms with Crippen LogP contribution in [-0.4, -0.2) is 18.1 Å². The molecule has 5 heteroatoms. The molecular formula is C16H19ClN2OS. The number of hydrogen-bond donors (Lipinski definition) is 1. The van der Waals surface area contributed by atoms with Crippen LogP contribution in [0, 0.1) is 6.92 Å². The van der Waals surface area contributed by atoms with Gasteiger partial charge < -0.3 is 10.1 Å². The summed E-state index contributed by atoms with van der Waals surface area (Å²) in [4.78, 5) is 6.14. The van der Waals surface area contributed by atoms with E-state index in [2.05, 4.69) is 5.32 Å². The Morgan fingerprint density at radius 2 is 2.33 bits per heavy atom. The van der Waals surface area contributed by atoms with Gasteiger partial charge in [0, 0.05) is 35.8 Å². The van der Waals surface area contributed by atoms with E-state index in [4.69, 9.17) is 21.3 Å². The Labute approximate surface area is 134 Å². The van der Waals surface area contributed by atoms with Gasteiger partial charge >= 0.3 is 0 Å². The van der Waals surface area contributed by atoms with Crippen LogP contribution in [0.5, 0.6) is 5.75 Å². The number of halogens is 1. The highest BCUT2D eigenvalue weighted by Crippen LogP contribution is 2.24. The summed E-state index contributed by atoms with van der Waals surface area (Å²) in [5.41, 5.74) is 2.38. The van der Waals surface area contributed by atoms with Crippen LogP contribution in [0.15, 0.2) is 18.2 Å². The van der Waals surface area contributed by atoms with E-state index in [1.165, 1.54) is 15.6 Å². The molecule has 0 spiro atoms. The van der Waals surface area contributed by atoms with Crippen molar-refractivity contribution in [2.75, 3.05) is 13.2 Å². The number of rotatable bonds is 5. The first-order valence-electron chi connectivity index (χ1n) is 7.29. The lowest BCUT2D eigenvalue weighted by molar-refractivity contribution is 0.309. The van der Waals surface area contributed by atoms with Gasteiger partial charge in [0.25, 0.3) is 0 Å². The van der Waals surface area contributed by atoms with Gasteiger partial charge in [0.15, 0.2) is 0 Å². The number of ether oxygens (including phenoxy) is 1. The van der Waals surface area contributed by atoms with Crippen LogP contribution in [0.4, 0.5) is 0 Å². The Hall–Kier alpha value is -1.10. The van der Waals surface area contributed by atoms with Gasteiger partial charge in [-0.05, 0) is 37.1 Å². The molecule has 0 amide bonds. The summed E-state index contributed by atoms with van der Waals surface area (Å²) in [6.45, 7) is 4.76. The number of fused-ring (bicyclic) bond motifs is 1. The normalized spacial score (nSPS) is 14.0. The van der Waals surface area contributed by atoms with Gasteiger partial charge in [0.2, 0.25) is 0 Å². The maximum Gasteiger partial charge on any atom is 0.122 e. The number of hydrogen-bond acceptors (Lipinski definition) is 4. The molecule has 3 rings (SSSR count). The third kappa shape index (κ3) is 3.76. The molecule has 0 unspecified atom stereocenters. The van der Waals surface area contributed by atoms with E-state index in [-0.39, 0.29) is 0 Å². The van der Waals surface area contributed by atoms with Crippen molar-refractivity contribution in [3.8, 4) is 5.75 Å². The molecular weight excluding hydrogens is 304 g/mol. The smallest absolute Gasteiger partial charge is 0.122 e. The molecule has 0 aliphatic carbocycles. The SMILES string of the molecule is Cc1cc(Cl)ccc1OCCCc1nc2c(s1)CNCC2. The molecule has 1 aliphatic heterocycles. The minimum Gasteiger partial charge on any atom is -0.493 e. The van der Waals surface area contributed by atoms with Gasteiger partial charge in [0.05, 0.1) is 17.3 Å². The summed E-state index contributed by atoms with van der Waals surface area (Å²) in [5.74, 6) is 0.919. The molecule has 2 aromatic rings. The molecule has 0 saturated carbocycles. The van der Waals surface area contributed by atoms with Crippen LogP contribution in [0.25, 0.3) is 0 Å². The molecule has 2 heterocycles. The zero-order chi connectivity index (χ0) is 14.7. The van der Waals surface area contributed by atoms with Crippen molar-refractivity contribution in [2.24, 2.45) is 0 Å². The van der Waals surface area contributed by atoms with Gasteiger partial charge in [-0.3, -0.25) is 0 Å². The number of benzene rings is 1. The highest BCUT2D eigenvalue weighted by molar-refractivity contribution is 7.11. The van der Waals surface area contributed by atoms with Crippen molar-refractivity contribution < 1.29 is 4.74 Å². The molecule has 0 fully saturated rings. The van der Waals surface area contributed by atoms with Crippen LogP contribution in [-0.2, 0) is 19.4 Å². The summed E-state index contributed by atoms with van der Waals surface area (Å²) in [6, 6.07) is 5.73. The number of aromatic nitrogens is 1. The van der Waals surface area contributed by atoms with Crippen molar-refractivity contribution in [1.29, 1.82) is 0 Å². The second-order valence-electron chi connectivity index (χ2n) is 5.27. The summed E-state index contributed by atoms with van der Waals surface area (Å²) >= 11 is 7.78. The molecule has 0 atom stereocenters. The number of nitrogens with one attached hydrogen (secondary N) is 1. The number of thiazole rings is 1. The monoisotopic (exact) mass is 322 g/mol. The van der Waals surface area contributed by atoms with Gasteiger partial charge in [-0.2, -0.15) is 0 Å². The average molecular weight is 323 g/mol. The average Bonchev–Trinajstić information content (AvgIpc) is 2.88. The Bertz CT molecular complexity index is 603. The van der Waals surface area contributed by atoms with Gasteiger partial charge in [-0.15, -0.1) is 11.3 Å². The Morgan fingerprint density at radius 3 is 3.14 bits per heavy atom. The van der Waals surface area contributed by atoms with E-state index < -0.39 is 0 Å². The predicted octanol–water partition coefficient (Wildman–Crippen LogP) is 3.76. The maximum absolute atomic E-state index is 5.94. The second-order valence-corrected chi connectivity index (χ2v) is 6.87. The van der Waals surface area contributed by atoms with Crippen LogP contribution < -0.4 is 10.1 Å². The first-order valence-corrected chi connectivity index (χ1v) is 8.49. The molecule has 1 N–H and O–H groups in total. The van der Waals surface area contributed by atoms with Crippen molar-refractivity contribution in [3.05, 3.63) is 44.4 Å². The number of aryl methyl sites for hydroxylation is 2. The van der Waals surface area contributed by atoms with Crippen molar-refractivity contribution in [3.63, 3.8) is 0 Å². The molecule has 1 aromatic heterocycles. The zero-order valence-electron chi connectivity index (χ0n) is 12.1. The highest BCUT2D eigenvalue weighted by atomic mass is 35.5. The van der Waals surface area contributed by atoms with E-state index in [0.717, 1.165) is 48.7 Å². The molecule has 0 bridgehead atoms. The topological polar surface area (TPSA) is 34.1 Å².